The second-order valence-corrected chi connectivity index (χ2v) is 5.27. The van der Waals surface area contributed by atoms with Crippen molar-refractivity contribution in [3.8, 4) is 0 Å². The zero-order chi connectivity index (χ0) is 9.78. The van der Waals surface area contributed by atoms with E-state index < -0.39 is 0 Å². The molecule has 13 heavy (non-hydrogen) atoms. The summed E-state index contributed by atoms with van der Waals surface area (Å²) >= 11 is 8.30. The van der Waals surface area contributed by atoms with Gasteiger partial charge in [-0.2, -0.15) is 12.6 Å². The van der Waals surface area contributed by atoms with Gasteiger partial charge in [0.1, 0.15) is 0 Å². The van der Waals surface area contributed by atoms with Gasteiger partial charge in [0.15, 0.2) is 0 Å². The quantitative estimate of drug-likeness (QED) is 0.318. The predicted molar refractivity (Wildman–Crippen MR) is 72.2 cm³/mol. The summed E-state index contributed by atoms with van der Waals surface area (Å²) in [5.41, 5.74) is 0. The van der Waals surface area contributed by atoms with Crippen LogP contribution in [0.4, 0.5) is 0 Å². The molecule has 0 N–H and O–H groups in total. The fourth-order valence-electron chi connectivity index (χ4n) is 1.34. The van der Waals surface area contributed by atoms with Crippen LogP contribution in [0.2, 0.25) is 0 Å². The summed E-state index contributed by atoms with van der Waals surface area (Å²) < 4.78 is 0. The maximum Gasteiger partial charge on any atom is 0.00345 e. The Labute approximate surface area is 97.9 Å². The minimum absolute atomic E-state index is 1.05. The van der Waals surface area contributed by atoms with E-state index in [0.717, 1.165) is 5.75 Å². The van der Waals surface area contributed by atoms with Gasteiger partial charge >= 0.3 is 0 Å². The van der Waals surface area contributed by atoms with Crippen molar-refractivity contribution in [2.75, 3.05) is 11.5 Å². The highest BCUT2D eigenvalue weighted by Crippen LogP contribution is 2.12. The van der Waals surface area contributed by atoms with Gasteiger partial charge in [0.2, 0.25) is 0 Å². The Balaban J connectivity index is 2.76. The van der Waals surface area contributed by atoms with Crippen molar-refractivity contribution in [2.45, 2.75) is 51.4 Å². The third kappa shape index (κ3) is 13.1. The molecule has 0 rings (SSSR count). The van der Waals surface area contributed by atoms with E-state index in [-0.39, 0.29) is 0 Å². The lowest BCUT2D eigenvalue weighted by Crippen LogP contribution is -1.82. The van der Waals surface area contributed by atoms with Crippen LogP contribution in [0.25, 0.3) is 0 Å². The second-order valence-electron chi connectivity index (χ2n) is 3.39. The number of hydrogen-bond acceptors (Lipinski definition) is 3. The molecule has 0 aromatic heterocycles. The first-order chi connectivity index (χ1) is 6.41. The lowest BCUT2D eigenvalue weighted by molar-refractivity contribution is 0.588. The smallest absolute Gasteiger partial charge is 0.00345 e. The monoisotopic (exact) mass is 238 g/mol. The van der Waals surface area contributed by atoms with Crippen LogP contribution >= 0.6 is 35.1 Å². The van der Waals surface area contributed by atoms with Gasteiger partial charge in [-0.3, -0.25) is 0 Å². The Morgan fingerprint density at radius 2 is 1.15 bits per heavy atom. The molecule has 0 saturated carbocycles. The van der Waals surface area contributed by atoms with E-state index in [4.69, 9.17) is 0 Å². The van der Waals surface area contributed by atoms with Crippen molar-refractivity contribution >= 4 is 35.1 Å². The first kappa shape index (κ1) is 14.1. The summed E-state index contributed by atoms with van der Waals surface area (Å²) in [6, 6.07) is 0. The van der Waals surface area contributed by atoms with E-state index in [9.17, 15) is 0 Å². The summed E-state index contributed by atoms with van der Waals surface area (Å²) in [5.74, 6) is 2.27. The summed E-state index contributed by atoms with van der Waals surface area (Å²) in [5, 5.41) is 0. The van der Waals surface area contributed by atoms with E-state index in [2.05, 4.69) is 24.3 Å². The van der Waals surface area contributed by atoms with Crippen LogP contribution in [0.1, 0.15) is 51.4 Å². The van der Waals surface area contributed by atoms with Crippen molar-refractivity contribution < 1.29 is 0 Å². The maximum atomic E-state index is 4.19. The Morgan fingerprint density at radius 3 is 1.62 bits per heavy atom. The molecule has 0 fully saturated rings. The molecule has 0 bridgehead atoms. The minimum atomic E-state index is 1.05. The number of thiol groups is 2. The normalized spacial score (nSPS) is 10.6. The highest BCUT2D eigenvalue weighted by atomic mass is 33.1. The molecular formula is C10H22S3. The highest BCUT2D eigenvalue weighted by molar-refractivity contribution is 8.68. The van der Waals surface area contributed by atoms with Gasteiger partial charge in [-0.15, -0.1) is 11.7 Å². The SMILES string of the molecule is SCCCCCCCCCCSS. The van der Waals surface area contributed by atoms with E-state index in [1.54, 1.807) is 10.8 Å². The molecule has 0 aromatic rings. The van der Waals surface area contributed by atoms with Gasteiger partial charge in [-0.1, -0.05) is 49.3 Å². The molecule has 0 aliphatic carbocycles. The molecule has 0 saturated heterocycles. The summed E-state index contributed by atoms with van der Waals surface area (Å²) in [4.78, 5) is 0. The number of unbranched alkanes of at least 4 members (excludes halogenated alkanes) is 7. The van der Waals surface area contributed by atoms with Crippen molar-refractivity contribution in [3.05, 3.63) is 0 Å². The molecule has 0 unspecified atom stereocenters. The average molecular weight is 238 g/mol. The summed E-state index contributed by atoms with van der Waals surface area (Å²) in [6.07, 6.45) is 11.0. The van der Waals surface area contributed by atoms with Crippen LogP contribution in [0.3, 0.4) is 0 Å². The second kappa shape index (κ2) is 13.1. The van der Waals surface area contributed by atoms with Crippen LogP contribution in [0.5, 0.6) is 0 Å². The zero-order valence-corrected chi connectivity index (χ0v) is 11.0. The van der Waals surface area contributed by atoms with E-state index in [1.165, 1.54) is 57.1 Å². The van der Waals surface area contributed by atoms with Gasteiger partial charge in [0.05, 0.1) is 0 Å². The number of hydrogen-bond donors (Lipinski definition) is 2. The van der Waals surface area contributed by atoms with E-state index in [1.807, 2.05) is 0 Å². The van der Waals surface area contributed by atoms with Crippen molar-refractivity contribution in [3.63, 3.8) is 0 Å². The Bertz CT molecular complexity index is 76.2. The first-order valence-electron chi connectivity index (χ1n) is 5.29. The maximum absolute atomic E-state index is 4.19. The van der Waals surface area contributed by atoms with Gasteiger partial charge in [0.25, 0.3) is 0 Å². The molecule has 0 spiro atoms. The molecule has 0 aromatic carbocycles. The Morgan fingerprint density at radius 1 is 0.692 bits per heavy atom. The minimum Gasteiger partial charge on any atom is -0.179 e. The molecule has 0 aliphatic rings. The van der Waals surface area contributed by atoms with Crippen LogP contribution in [-0.2, 0) is 0 Å². The molecule has 0 amide bonds. The molecule has 0 radical (unpaired) electrons. The third-order valence-electron chi connectivity index (χ3n) is 2.14. The average Bonchev–Trinajstić information content (AvgIpc) is 2.16. The third-order valence-corrected chi connectivity index (χ3v) is 3.48. The van der Waals surface area contributed by atoms with Crippen LogP contribution in [-0.4, -0.2) is 11.5 Å². The fourth-order valence-corrected chi connectivity index (χ4v) is 2.28. The largest absolute Gasteiger partial charge is 0.179 e. The zero-order valence-electron chi connectivity index (χ0n) is 8.37. The highest BCUT2D eigenvalue weighted by Gasteiger charge is 1.91. The Kier molecular flexibility index (Phi) is 14.1. The van der Waals surface area contributed by atoms with Gasteiger partial charge in [-0.25, -0.2) is 0 Å². The van der Waals surface area contributed by atoms with Gasteiger partial charge < -0.3 is 0 Å². The van der Waals surface area contributed by atoms with Crippen LogP contribution in [0.15, 0.2) is 0 Å². The standard InChI is InChI=1S/C10H22S3/c11-9-7-5-3-1-2-4-6-8-10-13-12/h11-12H,1-10H2. The lowest BCUT2D eigenvalue weighted by atomic mass is 10.1. The lowest BCUT2D eigenvalue weighted by Gasteiger charge is -2.00. The van der Waals surface area contributed by atoms with Crippen molar-refractivity contribution in [1.29, 1.82) is 0 Å². The predicted octanol–water partition coefficient (Wildman–Crippen LogP) is 4.62. The first-order valence-corrected chi connectivity index (χ1v) is 7.96. The summed E-state index contributed by atoms with van der Waals surface area (Å²) in [7, 11) is 1.66. The van der Waals surface area contributed by atoms with Gasteiger partial charge in [0, 0.05) is 5.75 Å². The molecular weight excluding hydrogens is 216 g/mol. The van der Waals surface area contributed by atoms with Crippen LogP contribution in [0, 0.1) is 0 Å². The van der Waals surface area contributed by atoms with Gasteiger partial charge in [-0.05, 0) is 18.6 Å². The van der Waals surface area contributed by atoms with Crippen molar-refractivity contribution in [1.82, 2.24) is 0 Å². The van der Waals surface area contributed by atoms with Crippen molar-refractivity contribution in [2.24, 2.45) is 0 Å². The molecule has 3 heteroatoms. The number of rotatable bonds is 10. The molecule has 0 aliphatic heterocycles. The fraction of sp³-hybridized carbons (Fsp3) is 1.00. The van der Waals surface area contributed by atoms with E-state index in [0.29, 0.717) is 0 Å². The molecule has 80 valence electrons. The molecule has 0 atom stereocenters. The Hall–Kier alpha value is 1.05. The molecule has 0 nitrogen and oxygen atoms in total. The van der Waals surface area contributed by atoms with Crippen LogP contribution < -0.4 is 0 Å². The van der Waals surface area contributed by atoms with E-state index >= 15 is 0 Å². The summed E-state index contributed by atoms with van der Waals surface area (Å²) in [6.45, 7) is 0. The molecule has 0 heterocycles. The topological polar surface area (TPSA) is 0 Å².